The zero-order valence-corrected chi connectivity index (χ0v) is 19.2. The molecule has 10 heteroatoms. The Labute approximate surface area is 193 Å². The number of amides is 1. The summed E-state index contributed by atoms with van der Waals surface area (Å²) in [5, 5.41) is 15.4. The molecule has 1 aliphatic heterocycles. The number of nitrogens with one attached hydrogen (secondary N) is 1. The smallest absolute Gasteiger partial charge is 0.407 e. The van der Waals surface area contributed by atoms with Crippen LogP contribution in [0.3, 0.4) is 0 Å². The number of aromatic nitrogens is 5. The molecule has 0 unspecified atom stereocenters. The standard InChI is InChI=1S/C23H31N7O3/c1-3-7-19-25-21(33-28-19)14-17-10-12-30(13-11-17)22-27-26-20(29(22)2)15-24-23(31)32-16-18-8-5-4-6-9-18/h4-6,8-9,17H,3,7,10-16H2,1-2H3,(H,24,31). The van der Waals surface area contributed by atoms with Gasteiger partial charge in [0.25, 0.3) is 0 Å². The van der Waals surface area contributed by atoms with Gasteiger partial charge in [-0.05, 0) is 30.7 Å². The summed E-state index contributed by atoms with van der Waals surface area (Å²) in [6.45, 7) is 4.37. The van der Waals surface area contributed by atoms with Crippen molar-refractivity contribution >= 4 is 12.0 Å². The van der Waals surface area contributed by atoms with E-state index in [2.05, 4.69) is 37.5 Å². The predicted molar refractivity (Wildman–Crippen MR) is 121 cm³/mol. The normalized spacial score (nSPS) is 14.4. The van der Waals surface area contributed by atoms with E-state index in [1.807, 2.05) is 41.9 Å². The van der Waals surface area contributed by atoms with Crippen LogP contribution in [0.15, 0.2) is 34.9 Å². The van der Waals surface area contributed by atoms with Crippen molar-refractivity contribution in [3.05, 3.63) is 53.4 Å². The van der Waals surface area contributed by atoms with Gasteiger partial charge in [0.2, 0.25) is 11.8 Å². The molecule has 1 saturated heterocycles. The van der Waals surface area contributed by atoms with E-state index >= 15 is 0 Å². The van der Waals surface area contributed by atoms with Gasteiger partial charge in [-0.3, -0.25) is 4.57 Å². The molecular weight excluding hydrogens is 422 g/mol. The van der Waals surface area contributed by atoms with Crippen LogP contribution in [-0.2, 0) is 37.8 Å². The molecule has 1 N–H and O–H groups in total. The molecule has 1 aromatic carbocycles. The zero-order chi connectivity index (χ0) is 23.0. The first-order valence-electron chi connectivity index (χ1n) is 11.5. The van der Waals surface area contributed by atoms with E-state index in [4.69, 9.17) is 9.26 Å². The van der Waals surface area contributed by atoms with E-state index < -0.39 is 6.09 Å². The van der Waals surface area contributed by atoms with Crippen molar-refractivity contribution in [2.24, 2.45) is 13.0 Å². The molecule has 176 valence electrons. The molecule has 3 aromatic rings. The van der Waals surface area contributed by atoms with Crippen LogP contribution in [0, 0.1) is 5.92 Å². The molecule has 33 heavy (non-hydrogen) atoms. The number of ether oxygens (including phenoxy) is 1. The first kappa shape index (κ1) is 22.8. The lowest BCUT2D eigenvalue weighted by atomic mass is 9.94. The minimum atomic E-state index is -0.479. The van der Waals surface area contributed by atoms with E-state index in [0.29, 0.717) is 11.7 Å². The second-order valence-electron chi connectivity index (χ2n) is 8.38. The molecule has 0 radical (unpaired) electrons. The number of benzene rings is 1. The summed E-state index contributed by atoms with van der Waals surface area (Å²) in [5.74, 6) is 3.55. The average molecular weight is 454 g/mol. The largest absolute Gasteiger partial charge is 0.445 e. The topological polar surface area (TPSA) is 111 Å². The average Bonchev–Trinajstić information content (AvgIpc) is 3.44. The Hall–Kier alpha value is -3.43. The van der Waals surface area contributed by atoms with Gasteiger partial charge < -0.3 is 19.5 Å². The third-order valence-electron chi connectivity index (χ3n) is 5.89. The van der Waals surface area contributed by atoms with Gasteiger partial charge in [0.05, 0.1) is 6.54 Å². The highest BCUT2D eigenvalue weighted by molar-refractivity contribution is 5.67. The fourth-order valence-electron chi connectivity index (χ4n) is 3.99. The van der Waals surface area contributed by atoms with E-state index in [9.17, 15) is 4.79 Å². The van der Waals surface area contributed by atoms with Crippen LogP contribution in [0.4, 0.5) is 10.7 Å². The van der Waals surface area contributed by atoms with Gasteiger partial charge in [0.1, 0.15) is 6.61 Å². The van der Waals surface area contributed by atoms with Crippen LogP contribution in [0.2, 0.25) is 0 Å². The monoisotopic (exact) mass is 453 g/mol. The summed E-state index contributed by atoms with van der Waals surface area (Å²) in [7, 11) is 1.92. The van der Waals surface area contributed by atoms with Gasteiger partial charge in [-0.15, -0.1) is 10.2 Å². The number of hydrogen-bond acceptors (Lipinski definition) is 8. The van der Waals surface area contributed by atoms with Crippen LogP contribution < -0.4 is 10.2 Å². The highest BCUT2D eigenvalue weighted by Gasteiger charge is 2.25. The molecular formula is C23H31N7O3. The Kier molecular flexibility index (Phi) is 7.54. The number of aryl methyl sites for hydroxylation is 1. The number of alkyl carbamates (subject to hydrolysis) is 1. The second-order valence-corrected chi connectivity index (χ2v) is 8.38. The second kappa shape index (κ2) is 10.9. The van der Waals surface area contributed by atoms with Crippen LogP contribution in [-0.4, -0.2) is 44.1 Å². The Morgan fingerprint density at radius 1 is 1.21 bits per heavy atom. The lowest BCUT2D eigenvalue weighted by Crippen LogP contribution is -2.36. The third-order valence-corrected chi connectivity index (χ3v) is 5.89. The molecule has 4 rings (SSSR count). The Morgan fingerprint density at radius 3 is 2.76 bits per heavy atom. The third kappa shape index (κ3) is 6.09. The summed E-state index contributed by atoms with van der Waals surface area (Å²) >= 11 is 0. The SMILES string of the molecule is CCCc1noc(CC2CCN(c3nnc(CNC(=O)OCc4ccccc4)n3C)CC2)n1. The van der Waals surface area contributed by atoms with Crippen molar-refractivity contribution in [1.82, 2.24) is 30.2 Å². The molecule has 1 aliphatic rings. The highest BCUT2D eigenvalue weighted by atomic mass is 16.5. The maximum Gasteiger partial charge on any atom is 0.407 e. The van der Waals surface area contributed by atoms with Crippen molar-refractivity contribution in [2.75, 3.05) is 18.0 Å². The van der Waals surface area contributed by atoms with E-state index in [1.165, 1.54) is 0 Å². The Morgan fingerprint density at radius 2 is 2.00 bits per heavy atom. The number of rotatable bonds is 9. The molecule has 0 atom stereocenters. The number of anilines is 1. The number of carbonyl (C=O) groups excluding carboxylic acids is 1. The van der Waals surface area contributed by atoms with Crippen molar-refractivity contribution in [3.63, 3.8) is 0 Å². The predicted octanol–water partition coefficient (Wildman–Crippen LogP) is 3.04. The van der Waals surface area contributed by atoms with Crippen molar-refractivity contribution in [2.45, 2.75) is 52.2 Å². The van der Waals surface area contributed by atoms with Gasteiger partial charge in [0.15, 0.2) is 11.6 Å². The summed E-state index contributed by atoms with van der Waals surface area (Å²) in [6.07, 6.45) is 4.27. The van der Waals surface area contributed by atoms with Gasteiger partial charge in [-0.25, -0.2) is 4.79 Å². The molecule has 10 nitrogen and oxygen atoms in total. The first-order valence-corrected chi connectivity index (χ1v) is 11.5. The van der Waals surface area contributed by atoms with Gasteiger partial charge >= 0.3 is 6.09 Å². The summed E-state index contributed by atoms with van der Waals surface area (Å²) in [5.41, 5.74) is 0.942. The fourth-order valence-corrected chi connectivity index (χ4v) is 3.99. The molecule has 0 aliphatic carbocycles. The molecule has 0 bridgehead atoms. The Balaban J connectivity index is 1.22. The van der Waals surface area contributed by atoms with E-state index in [0.717, 1.165) is 68.4 Å². The maximum absolute atomic E-state index is 12.0. The zero-order valence-electron chi connectivity index (χ0n) is 19.2. The van der Waals surface area contributed by atoms with Gasteiger partial charge in [0, 0.05) is 33.0 Å². The first-order chi connectivity index (χ1) is 16.1. The molecule has 2 aromatic heterocycles. The van der Waals surface area contributed by atoms with Crippen LogP contribution in [0.25, 0.3) is 0 Å². The molecule has 0 spiro atoms. The quantitative estimate of drug-likeness (QED) is 0.526. The fraction of sp³-hybridized carbons (Fsp3) is 0.522. The molecule has 1 fully saturated rings. The molecule has 0 saturated carbocycles. The summed E-state index contributed by atoms with van der Waals surface area (Å²) < 4.78 is 12.6. The number of piperidine rings is 1. The minimum Gasteiger partial charge on any atom is -0.445 e. The summed E-state index contributed by atoms with van der Waals surface area (Å²) in [6, 6.07) is 9.58. The number of nitrogens with zero attached hydrogens (tertiary/aromatic N) is 6. The van der Waals surface area contributed by atoms with E-state index in [-0.39, 0.29) is 13.2 Å². The number of carbonyl (C=O) groups is 1. The van der Waals surface area contributed by atoms with E-state index in [1.54, 1.807) is 0 Å². The summed E-state index contributed by atoms with van der Waals surface area (Å²) in [4.78, 5) is 18.7. The van der Waals surface area contributed by atoms with Crippen molar-refractivity contribution in [1.29, 1.82) is 0 Å². The van der Waals surface area contributed by atoms with Crippen molar-refractivity contribution in [3.8, 4) is 0 Å². The van der Waals surface area contributed by atoms with Crippen LogP contribution in [0.1, 0.15) is 49.3 Å². The van der Waals surface area contributed by atoms with Gasteiger partial charge in [-0.1, -0.05) is 42.4 Å². The number of hydrogen-bond donors (Lipinski definition) is 1. The maximum atomic E-state index is 12.0. The highest BCUT2D eigenvalue weighted by Crippen LogP contribution is 2.24. The lowest BCUT2D eigenvalue weighted by Gasteiger charge is -2.31. The lowest BCUT2D eigenvalue weighted by molar-refractivity contribution is 0.138. The molecule has 3 heterocycles. The minimum absolute atomic E-state index is 0.231. The van der Waals surface area contributed by atoms with Crippen LogP contribution in [0.5, 0.6) is 0 Å². The van der Waals surface area contributed by atoms with Crippen LogP contribution >= 0.6 is 0 Å². The Bertz CT molecular complexity index is 1030. The van der Waals surface area contributed by atoms with Crippen molar-refractivity contribution < 1.29 is 14.1 Å². The van der Waals surface area contributed by atoms with Gasteiger partial charge in [-0.2, -0.15) is 4.98 Å². The molecule has 1 amide bonds.